The lowest BCUT2D eigenvalue weighted by Gasteiger charge is -2.42. The topological polar surface area (TPSA) is 253 Å². The number of aromatic nitrogens is 4. The Morgan fingerprint density at radius 3 is 2.73 bits per heavy atom. The Labute approximate surface area is 207 Å². The van der Waals surface area contributed by atoms with Gasteiger partial charge in [-0.05, 0) is 38.3 Å². The van der Waals surface area contributed by atoms with Crippen LogP contribution < -0.4 is 27.6 Å². The van der Waals surface area contributed by atoms with Crippen LogP contribution in [0, 0.1) is 6.92 Å². The first-order chi connectivity index (χ1) is 17.3. The summed E-state index contributed by atoms with van der Waals surface area (Å²) in [6.07, 6.45) is -1.49. The van der Waals surface area contributed by atoms with Gasteiger partial charge in [-0.1, -0.05) is 5.11 Å². The predicted octanol–water partition coefficient (Wildman–Crippen LogP) is -0.436. The number of aromatic amines is 1. The Bertz CT molecular complexity index is 1460. The van der Waals surface area contributed by atoms with E-state index in [0.29, 0.717) is 0 Å². The van der Waals surface area contributed by atoms with Gasteiger partial charge in [0.15, 0.2) is 0 Å². The van der Waals surface area contributed by atoms with Crippen molar-refractivity contribution in [2.24, 2.45) is 5.11 Å². The van der Waals surface area contributed by atoms with Crippen LogP contribution in [0.1, 0.15) is 44.2 Å². The van der Waals surface area contributed by atoms with Crippen LogP contribution in [-0.4, -0.2) is 47.8 Å². The molecule has 2 fully saturated rings. The summed E-state index contributed by atoms with van der Waals surface area (Å²) in [5.74, 6) is 0.00637. The summed E-state index contributed by atoms with van der Waals surface area (Å²) in [6.45, 7) is 2.76. The van der Waals surface area contributed by atoms with E-state index in [1.807, 2.05) is 0 Å². The highest BCUT2D eigenvalue weighted by molar-refractivity contribution is 7.44. The molecule has 4 N–H and O–H groups in total. The summed E-state index contributed by atoms with van der Waals surface area (Å²) in [4.78, 5) is 66.6. The van der Waals surface area contributed by atoms with E-state index in [2.05, 4.69) is 20.0 Å². The zero-order valence-corrected chi connectivity index (χ0v) is 20.6. The molecule has 2 aliphatic rings. The molecule has 2 aromatic heterocycles. The molecule has 0 radical (unpaired) electrons. The van der Waals surface area contributed by atoms with Crippen LogP contribution >= 0.6 is 7.82 Å². The third-order valence-electron chi connectivity index (χ3n) is 6.43. The van der Waals surface area contributed by atoms with Crippen LogP contribution in [-0.2, 0) is 18.6 Å². The fourth-order valence-electron chi connectivity index (χ4n) is 4.75. The first kappa shape index (κ1) is 26.8. The van der Waals surface area contributed by atoms with Crippen molar-refractivity contribution in [2.45, 2.75) is 69.4 Å². The normalized spacial score (nSPS) is 28.8. The molecule has 4 rings (SSSR count). The van der Waals surface area contributed by atoms with E-state index in [1.54, 1.807) is 0 Å². The van der Waals surface area contributed by atoms with Crippen molar-refractivity contribution in [2.75, 3.05) is 5.73 Å². The minimum absolute atomic E-state index is 0.00637. The minimum Gasteiger partial charge on any atom is -0.756 e. The number of hydrogen-bond acceptors (Lipinski definition) is 11. The summed E-state index contributed by atoms with van der Waals surface area (Å²) in [5, 5.41) is 3.70. The van der Waals surface area contributed by atoms with Crippen molar-refractivity contribution in [3.8, 4) is 0 Å². The Hall–Kier alpha value is -3.30. The number of H-pyrrole nitrogens is 1. The lowest BCUT2D eigenvalue weighted by Crippen LogP contribution is -2.55. The quantitative estimate of drug-likeness (QED) is 0.176. The van der Waals surface area contributed by atoms with Gasteiger partial charge >= 0.3 is 11.4 Å². The average Bonchev–Trinajstić information content (AvgIpc) is 3.44. The fourth-order valence-corrected chi connectivity index (χ4v) is 5.47. The number of phosphoric ester groups is 1. The molecular formula is C19H24N8O9P-. The van der Waals surface area contributed by atoms with E-state index >= 15 is 0 Å². The van der Waals surface area contributed by atoms with Gasteiger partial charge in [-0.15, -0.1) is 0 Å². The maximum Gasteiger partial charge on any atom is 0.351 e. The molecule has 200 valence electrons. The molecule has 0 aliphatic carbocycles. The van der Waals surface area contributed by atoms with Gasteiger partial charge < -0.3 is 29.5 Å². The van der Waals surface area contributed by atoms with Crippen molar-refractivity contribution in [3.63, 3.8) is 0 Å². The van der Waals surface area contributed by atoms with Crippen molar-refractivity contribution in [1.29, 1.82) is 0 Å². The van der Waals surface area contributed by atoms with Crippen LogP contribution in [0.3, 0.4) is 0 Å². The maximum atomic E-state index is 12.4. The molecule has 4 heterocycles. The number of phosphoric acid groups is 1. The number of anilines is 1. The fraction of sp³-hybridized carbons (Fsp3) is 0.579. The lowest BCUT2D eigenvalue weighted by molar-refractivity contribution is -0.252. The van der Waals surface area contributed by atoms with Crippen molar-refractivity contribution >= 4 is 13.6 Å². The average molecular weight is 539 g/mol. The van der Waals surface area contributed by atoms with Gasteiger partial charge in [0.1, 0.15) is 30.0 Å². The molecule has 18 heteroatoms. The first-order valence-electron chi connectivity index (χ1n) is 11.1. The molecule has 0 aromatic carbocycles. The molecule has 7 unspecified atom stereocenters. The van der Waals surface area contributed by atoms with Crippen molar-refractivity contribution < 1.29 is 28.3 Å². The minimum atomic E-state index is -5.42. The number of nitrogens with zero attached hydrogens (tertiary/aromatic N) is 6. The Morgan fingerprint density at radius 1 is 1.35 bits per heavy atom. The second-order valence-electron chi connectivity index (χ2n) is 8.94. The van der Waals surface area contributed by atoms with E-state index in [0.717, 1.165) is 4.57 Å². The summed E-state index contributed by atoms with van der Waals surface area (Å²) < 4.78 is 31.2. The van der Waals surface area contributed by atoms with Crippen LogP contribution in [0.25, 0.3) is 10.4 Å². The highest BCUT2D eigenvalue weighted by Gasteiger charge is 2.56. The van der Waals surface area contributed by atoms with Gasteiger partial charge in [0, 0.05) is 29.3 Å². The second-order valence-corrected chi connectivity index (χ2v) is 10.1. The highest BCUT2D eigenvalue weighted by Crippen LogP contribution is 2.50. The van der Waals surface area contributed by atoms with E-state index in [9.17, 15) is 28.7 Å². The summed E-state index contributed by atoms with van der Waals surface area (Å²) in [6, 6.07) is 0.314. The Kier molecular flexibility index (Phi) is 7.14. The van der Waals surface area contributed by atoms with Gasteiger partial charge in [0.25, 0.3) is 13.4 Å². The number of ether oxygens (including phenoxy) is 2. The largest absolute Gasteiger partial charge is 0.756 e. The van der Waals surface area contributed by atoms with E-state index < -0.39 is 61.1 Å². The predicted molar refractivity (Wildman–Crippen MR) is 123 cm³/mol. The molecular weight excluding hydrogens is 515 g/mol. The molecule has 37 heavy (non-hydrogen) atoms. The summed E-state index contributed by atoms with van der Waals surface area (Å²) in [7, 11) is -5.42. The smallest absolute Gasteiger partial charge is 0.351 e. The third kappa shape index (κ3) is 5.38. The number of nitrogens with two attached hydrogens (primary N) is 1. The molecule has 0 bridgehead atoms. The van der Waals surface area contributed by atoms with Gasteiger partial charge in [-0.25, -0.2) is 9.59 Å². The zero-order chi connectivity index (χ0) is 27.1. The Balaban J connectivity index is 1.71. The van der Waals surface area contributed by atoms with Gasteiger partial charge in [-0.3, -0.25) is 23.5 Å². The number of azide groups is 1. The summed E-state index contributed by atoms with van der Waals surface area (Å²) in [5.41, 5.74) is 10.8. The molecule has 2 aliphatic heterocycles. The van der Waals surface area contributed by atoms with Crippen LogP contribution in [0.5, 0.6) is 0 Å². The Morgan fingerprint density at radius 2 is 2.08 bits per heavy atom. The van der Waals surface area contributed by atoms with E-state index in [-0.39, 0.29) is 30.6 Å². The molecule has 2 saturated heterocycles. The van der Waals surface area contributed by atoms with Crippen molar-refractivity contribution in [3.05, 3.63) is 65.8 Å². The van der Waals surface area contributed by atoms with Gasteiger partial charge in [0.2, 0.25) is 0 Å². The molecule has 0 spiro atoms. The SMILES string of the molecule is Cc1cn(C2CC(N=[N+]=[N-])C(C(C)(OP(=O)([O-])O)C3CCC(n4ccc(N)nc4=O)O3)O2)c(=O)[nH]c1=O. The summed E-state index contributed by atoms with van der Waals surface area (Å²) >= 11 is 0. The molecule has 7 atom stereocenters. The van der Waals surface area contributed by atoms with E-state index in [4.69, 9.17) is 25.3 Å². The van der Waals surface area contributed by atoms with Crippen LogP contribution in [0.4, 0.5) is 5.82 Å². The molecule has 0 saturated carbocycles. The highest BCUT2D eigenvalue weighted by atomic mass is 31.2. The van der Waals surface area contributed by atoms with Crippen molar-refractivity contribution in [1.82, 2.24) is 19.1 Å². The first-order valence-corrected chi connectivity index (χ1v) is 12.6. The van der Waals surface area contributed by atoms with Crippen LogP contribution in [0.15, 0.2) is 38.0 Å². The van der Waals surface area contributed by atoms with E-state index in [1.165, 1.54) is 36.9 Å². The number of aryl methyl sites for hydroxylation is 1. The third-order valence-corrected chi connectivity index (χ3v) is 7.05. The molecule has 17 nitrogen and oxygen atoms in total. The maximum absolute atomic E-state index is 12.4. The number of nitrogens with one attached hydrogen (secondary N) is 1. The standard InChI is InChI=1S/C19H25N8O9P/c1-9-8-27(18(30)23-16(9)28)14-7-10(24-25-21)15(35-14)19(2,36-37(31,32)33)11-3-4-13(34-11)26-6-5-12(20)22-17(26)29/h5-6,8,10-11,13-15H,3-4,7H2,1-2H3,(H2,20,22,29)(H,23,28,30)(H2,31,32,33)/p-1. The van der Waals surface area contributed by atoms with Crippen LogP contribution in [0.2, 0.25) is 0 Å². The second kappa shape index (κ2) is 9.87. The molecule has 2 aromatic rings. The monoisotopic (exact) mass is 539 g/mol. The number of nitrogen functional groups attached to an aromatic ring is 1. The lowest BCUT2D eigenvalue weighted by atomic mass is 9.86. The van der Waals surface area contributed by atoms with Gasteiger partial charge in [0.05, 0.1) is 12.1 Å². The number of hydrogen-bond donors (Lipinski definition) is 3. The van der Waals surface area contributed by atoms with Gasteiger partial charge in [-0.2, -0.15) is 4.98 Å². The number of rotatable bonds is 7. The molecule has 0 amide bonds. The zero-order valence-electron chi connectivity index (χ0n) is 19.7.